The zero-order chi connectivity index (χ0) is 47.7. The molecule has 12 rings (SSSR count). The predicted molar refractivity (Wildman–Crippen MR) is 243 cm³/mol. The molecule has 352 valence electrons. The van der Waals surface area contributed by atoms with E-state index in [1.165, 1.54) is 16.7 Å². The summed E-state index contributed by atoms with van der Waals surface area (Å²) in [7, 11) is 0. The number of nitrogens with zero attached hydrogens (tertiary/aromatic N) is 5. The van der Waals surface area contributed by atoms with E-state index in [4.69, 9.17) is 14.5 Å². The maximum Gasteiger partial charge on any atom is 0.408 e. The Morgan fingerprint density at radius 2 is 1.75 bits per heavy atom. The molecule has 16 nitrogen and oxygen atoms in total. The third kappa shape index (κ3) is 6.75. The van der Waals surface area contributed by atoms with Crippen molar-refractivity contribution in [3.8, 4) is 22.9 Å². The highest BCUT2D eigenvalue weighted by Crippen LogP contribution is 2.46. The van der Waals surface area contributed by atoms with Gasteiger partial charge in [-0.05, 0) is 89.6 Å². The Bertz CT molecular complexity index is 3120. The standard InChI is InChI=1S/C51H51FN6O10/c1-5-51(66)36-13-40-46-34(21-57(40)48(63)35(36)22-67-49(51)64)45-38(9-8-31-25(4)37(52)14-39(53-46)44(31)45)54-50(65)68-23-43(61)58-29-11-30(58)20-55(19-29)16-26-6-7-27-17-56(18-28(27)10-26)47(62)33-12-32(24(2)3)41(59)15-42(33)60/h6-7,10,12-15,24,29-30,38,59-60,66H,5,8-9,11,16-23H2,1-4H3,(H,54,65)/t29?,30?,38-,51-/m0/s1. The van der Waals surface area contributed by atoms with Gasteiger partial charge in [0.2, 0.25) is 0 Å². The summed E-state index contributed by atoms with van der Waals surface area (Å²) in [5.41, 5.74) is 5.44. The Labute approximate surface area is 389 Å². The summed E-state index contributed by atoms with van der Waals surface area (Å²) in [5, 5.41) is 35.9. The van der Waals surface area contributed by atoms with E-state index < -0.39 is 41.7 Å². The number of nitrogens with one attached hydrogen (secondary N) is 1. The summed E-state index contributed by atoms with van der Waals surface area (Å²) in [6, 6.07) is 11.3. The molecule has 2 unspecified atom stereocenters. The van der Waals surface area contributed by atoms with Crippen molar-refractivity contribution in [2.75, 3.05) is 19.7 Å². The number of piperidine rings is 1. The molecule has 6 aliphatic heterocycles. The van der Waals surface area contributed by atoms with Gasteiger partial charge in [0.1, 0.15) is 23.9 Å². The van der Waals surface area contributed by atoms with Crippen molar-refractivity contribution in [2.45, 2.75) is 116 Å². The number of rotatable bonds is 8. The van der Waals surface area contributed by atoms with Gasteiger partial charge in [0.05, 0.1) is 40.6 Å². The fraction of sp³-hybridized carbons (Fsp3) is 0.412. The van der Waals surface area contributed by atoms with Crippen molar-refractivity contribution in [1.82, 2.24) is 29.6 Å². The van der Waals surface area contributed by atoms with Crippen LogP contribution in [-0.4, -0.2) is 95.2 Å². The molecule has 3 fully saturated rings. The lowest BCUT2D eigenvalue weighted by Gasteiger charge is -2.56. The molecule has 8 heterocycles. The number of piperazine rings is 1. The average Bonchev–Trinajstić information content (AvgIpc) is 3.90. The van der Waals surface area contributed by atoms with Gasteiger partial charge in [-0.15, -0.1) is 0 Å². The van der Waals surface area contributed by atoms with Crippen LogP contribution in [0.4, 0.5) is 9.18 Å². The molecule has 0 spiro atoms. The van der Waals surface area contributed by atoms with Gasteiger partial charge in [0, 0.05) is 73.5 Å². The number of alkyl carbamates (subject to hydrolysis) is 1. The van der Waals surface area contributed by atoms with Gasteiger partial charge in [-0.2, -0.15) is 0 Å². The molecule has 2 aromatic heterocycles. The molecule has 2 bridgehead atoms. The third-order valence-corrected chi connectivity index (χ3v) is 15.2. The summed E-state index contributed by atoms with van der Waals surface area (Å²) in [6.45, 7) is 9.26. The van der Waals surface area contributed by atoms with E-state index in [0.29, 0.717) is 90.1 Å². The number of benzene rings is 3. The number of aryl methyl sites for hydroxylation is 1. The summed E-state index contributed by atoms with van der Waals surface area (Å²) in [5.74, 6) is -2.19. The highest BCUT2D eigenvalue weighted by Gasteiger charge is 2.48. The van der Waals surface area contributed by atoms with Gasteiger partial charge in [-0.3, -0.25) is 19.3 Å². The summed E-state index contributed by atoms with van der Waals surface area (Å²) in [4.78, 5) is 78.2. The minimum Gasteiger partial charge on any atom is -0.508 e. The molecule has 5 aromatic rings. The number of carbonyl (C=O) groups is 4. The smallest absolute Gasteiger partial charge is 0.408 e. The molecule has 3 saturated heterocycles. The lowest BCUT2D eigenvalue weighted by Crippen LogP contribution is -2.70. The fourth-order valence-electron chi connectivity index (χ4n) is 11.7. The molecule has 17 heteroatoms. The topological polar surface area (TPSA) is 204 Å². The van der Waals surface area contributed by atoms with E-state index in [1.54, 1.807) is 35.8 Å². The van der Waals surface area contributed by atoms with Crippen LogP contribution in [0.3, 0.4) is 0 Å². The number of halogens is 1. The third-order valence-electron chi connectivity index (χ3n) is 15.2. The van der Waals surface area contributed by atoms with E-state index >= 15 is 4.39 Å². The van der Waals surface area contributed by atoms with Crippen molar-refractivity contribution in [2.24, 2.45) is 0 Å². The second kappa shape index (κ2) is 15.9. The Morgan fingerprint density at radius 3 is 2.50 bits per heavy atom. The van der Waals surface area contributed by atoms with Crippen molar-refractivity contribution >= 4 is 34.8 Å². The second-order valence-electron chi connectivity index (χ2n) is 19.5. The first-order valence-electron chi connectivity index (χ1n) is 23.3. The van der Waals surface area contributed by atoms with Crippen molar-refractivity contribution in [3.63, 3.8) is 0 Å². The first-order valence-corrected chi connectivity index (χ1v) is 23.3. The van der Waals surface area contributed by atoms with Crippen LogP contribution in [0.15, 0.2) is 47.3 Å². The number of cyclic esters (lactones) is 1. The van der Waals surface area contributed by atoms with Gasteiger partial charge in [0.15, 0.2) is 12.2 Å². The number of fused-ring (bicyclic) bond motifs is 8. The quantitative estimate of drug-likeness (QED) is 0.142. The molecule has 7 aliphatic rings. The number of hydrogen-bond acceptors (Lipinski definition) is 12. The molecule has 4 atom stereocenters. The summed E-state index contributed by atoms with van der Waals surface area (Å²) in [6.07, 6.45) is 0.860. The molecule has 68 heavy (non-hydrogen) atoms. The Balaban J connectivity index is 0.746. The lowest BCUT2D eigenvalue weighted by molar-refractivity contribution is -0.172. The van der Waals surface area contributed by atoms with E-state index in [0.717, 1.165) is 28.7 Å². The number of carbonyl (C=O) groups excluding carboxylic acids is 4. The summed E-state index contributed by atoms with van der Waals surface area (Å²) < 4.78 is 27.8. The predicted octanol–water partition coefficient (Wildman–Crippen LogP) is 5.42. The molecule has 0 radical (unpaired) electrons. The molecular formula is C51H51FN6O10. The van der Waals surface area contributed by atoms with Crippen molar-refractivity contribution in [3.05, 3.63) is 120 Å². The van der Waals surface area contributed by atoms with Gasteiger partial charge < -0.3 is 44.5 Å². The number of ether oxygens (including phenoxy) is 2. The van der Waals surface area contributed by atoms with E-state index in [9.17, 15) is 39.3 Å². The van der Waals surface area contributed by atoms with E-state index in [-0.39, 0.29) is 77.6 Å². The number of phenolic OH excluding ortho intramolecular Hbond substituents is 2. The van der Waals surface area contributed by atoms with Crippen molar-refractivity contribution in [1.29, 1.82) is 0 Å². The fourth-order valence-corrected chi connectivity index (χ4v) is 11.7. The molecule has 3 amide bonds. The van der Waals surface area contributed by atoms with Crippen LogP contribution in [0.5, 0.6) is 11.5 Å². The van der Waals surface area contributed by atoms with Gasteiger partial charge in [-0.1, -0.05) is 39.0 Å². The summed E-state index contributed by atoms with van der Waals surface area (Å²) >= 11 is 0. The number of hydrogen-bond donors (Lipinski definition) is 4. The SMILES string of the molecule is CC[C@@]1(O)C(=O)OCc2c1cc1n(c2=O)Cc2c-1nc1cc(F)c(C)c3c1c2[C@@H](NC(=O)OCC(=O)N1C2CC1CN(Cc1ccc4c(c1)CN(C(=O)c1cc(C(C)C)c(O)cc1O)C4)C2)CC3. The molecule has 0 saturated carbocycles. The zero-order valence-electron chi connectivity index (χ0n) is 38.1. The van der Waals surface area contributed by atoms with Crippen LogP contribution in [0.25, 0.3) is 22.3 Å². The zero-order valence-corrected chi connectivity index (χ0v) is 38.1. The minimum absolute atomic E-state index is 0.0206. The molecule has 1 aliphatic carbocycles. The maximum atomic E-state index is 15.4. The number of phenols is 2. The van der Waals surface area contributed by atoms with E-state index in [2.05, 4.69) is 22.3 Å². The lowest BCUT2D eigenvalue weighted by atomic mass is 9.81. The number of pyridine rings is 2. The largest absolute Gasteiger partial charge is 0.508 e. The second-order valence-corrected chi connectivity index (χ2v) is 19.5. The van der Waals surface area contributed by atoms with Crippen LogP contribution in [0, 0.1) is 12.7 Å². The number of aliphatic hydroxyl groups is 1. The number of aromatic nitrogens is 2. The van der Waals surface area contributed by atoms with E-state index in [1.807, 2.05) is 19.9 Å². The normalized spacial score (nSPS) is 22.0. The molecular weight excluding hydrogens is 876 g/mol. The maximum absolute atomic E-state index is 15.4. The number of aromatic hydroxyl groups is 2. The Kier molecular flexibility index (Phi) is 10.2. The minimum atomic E-state index is -2.02. The first kappa shape index (κ1) is 43.7. The first-order chi connectivity index (χ1) is 32.5. The average molecular weight is 927 g/mol. The number of esters is 1. The van der Waals surface area contributed by atoms with Crippen LogP contribution in [-0.2, 0) is 63.9 Å². The monoisotopic (exact) mass is 926 g/mol. The van der Waals surface area contributed by atoms with Crippen molar-refractivity contribution < 1.29 is 48.4 Å². The Hall–Kier alpha value is -6.85. The van der Waals surface area contributed by atoms with Crippen LogP contribution < -0.4 is 10.9 Å². The van der Waals surface area contributed by atoms with Crippen LogP contribution in [0.1, 0.15) is 118 Å². The van der Waals surface area contributed by atoms with Gasteiger partial charge in [0.25, 0.3) is 17.4 Å². The molecule has 3 aromatic carbocycles. The van der Waals surface area contributed by atoms with Crippen LogP contribution in [0.2, 0.25) is 0 Å². The number of amides is 3. The Morgan fingerprint density at radius 1 is 0.985 bits per heavy atom. The van der Waals surface area contributed by atoms with Crippen LogP contribution >= 0.6 is 0 Å². The molecule has 4 N–H and O–H groups in total. The highest BCUT2D eigenvalue weighted by molar-refractivity contribution is 5.98. The van der Waals surface area contributed by atoms with Gasteiger partial charge >= 0.3 is 12.1 Å². The highest BCUT2D eigenvalue weighted by atomic mass is 19.1. The van der Waals surface area contributed by atoms with Gasteiger partial charge in [-0.25, -0.2) is 19.0 Å².